The summed E-state index contributed by atoms with van der Waals surface area (Å²) in [5, 5.41) is 13.4. The summed E-state index contributed by atoms with van der Waals surface area (Å²) in [5.41, 5.74) is 3.96. The summed E-state index contributed by atoms with van der Waals surface area (Å²) < 4.78 is 0. The fourth-order valence-corrected chi connectivity index (χ4v) is 4.38. The van der Waals surface area contributed by atoms with Crippen molar-refractivity contribution in [2.24, 2.45) is 0 Å². The molecule has 0 saturated heterocycles. The minimum Gasteiger partial charge on any atom is -0.229 e. The van der Waals surface area contributed by atoms with Gasteiger partial charge in [-0.15, -0.1) is 23.1 Å². The van der Waals surface area contributed by atoms with E-state index in [2.05, 4.69) is 46.4 Å². The summed E-state index contributed by atoms with van der Waals surface area (Å²) in [4.78, 5) is 9.72. The van der Waals surface area contributed by atoms with Gasteiger partial charge in [-0.25, -0.2) is 9.97 Å². The van der Waals surface area contributed by atoms with Gasteiger partial charge < -0.3 is 0 Å². The summed E-state index contributed by atoms with van der Waals surface area (Å²) in [6.45, 7) is 0. The first kappa shape index (κ1) is 15.8. The Morgan fingerprint density at radius 1 is 1.00 bits per heavy atom. The molecule has 0 fully saturated rings. The molecular formula is C20H13N3S2. The number of rotatable bonds is 4. The van der Waals surface area contributed by atoms with E-state index in [9.17, 15) is 5.26 Å². The molecule has 4 rings (SSSR count). The van der Waals surface area contributed by atoms with Crippen molar-refractivity contribution in [2.75, 3.05) is 0 Å². The van der Waals surface area contributed by atoms with Crippen LogP contribution in [0.1, 0.15) is 11.1 Å². The number of benzene rings is 2. The van der Waals surface area contributed by atoms with Gasteiger partial charge in [0.25, 0.3) is 0 Å². The van der Waals surface area contributed by atoms with Crippen molar-refractivity contribution in [2.45, 2.75) is 10.8 Å². The van der Waals surface area contributed by atoms with E-state index in [0.717, 1.165) is 32.1 Å². The minimum atomic E-state index is 0.700. The average Bonchev–Trinajstić information content (AvgIpc) is 3.16. The van der Waals surface area contributed by atoms with Crippen molar-refractivity contribution in [3.63, 3.8) is 0 Å². The van der Waals surface area contributed by atoms with Gasteiger partial charge in [0.1, 0.15) is 16.2 Å². The van der Waals surface area contributed by atoms with Gasteiger partial charge in [-0.1, -0.05) is 42.5 Å². The maximum atomic E-state index is 9.25. The molecule has 4 aromatic rings. The Balaban J connectivity index is 1.53. The molecule has 0 radical (unpaired) electrons. The topological polar surface area (TPSA) is 49.6 Å². The normalized spacial score (nSPS) is 10.7. The molecule has 0 aliphatic carbocycles. The van der Waals surface area contributed by atoms with Gasteiger partial charge in [-0.05, 0) is 34.2 Å². The third-order valence-corrected chi connectivity index (χ3v) is 5.81. The first-order chi connectivity index (χ1) is 12.3. The molecule has 0 atom stereocenters. The van der Waals surface area contributed by atoms with Crippen LogP contribution in [0.4, 0.5) is 0 Å². The molecule has 2 heterocycles. The zero-order valence-electron chi connectivity index (χ0n) is 13.2. The van der Waals surface area contributed by atoms with Crippen LogP contribution in [0.2, 0.25) is 0 Å². The van der Waals surface area contributed by atoms with E-state index in [0.29, 0.717) is 5.56 Å². The second kappa shape index (κ2) is 7.06. The highest BCUT2D eigenvalue weighted by atomic mass is 32.2. The highest BCUT2D eigenvalue weighted by Crippen LogP contribution is 2.30. The van der Waals surface area contributed by atoms with E-state index in [1.807, 2.05) is 29.6 Å². The van der Waals surface area contributed by atoms with Crippen LogP contribution >= 0.6 is 23.1 Å². The molecule has 0 spiro atoms. The van der Waals surface area contributed by atoms with Gasteiger partial charge in [0.15, 0.2) is 0 Å². The largest absolute Gasteiger partial charge is 0.229 e. The Kier molecular flexibility index (Phi) is 4.47. The summed E-state index contributed by atoms with van der Waals surface area (Å²) in [6, 6.07) is 20.4. The van der Waals surface area contributed by atoms with Crippen LogP contribution in [0, 0.1) is 11.3 Å². The van der Waals surface area contributed by atoms with Gasteiger partial charge in [0.05, 0.1) is 11.6 Å². The van der Waals surface area contributed by atoms with Crippen LogP contribution in [0.15, 0.2) is 71.3 Å². The lowest BCUT2D eigenvalue weighted by molar-refractivity contribution is 1.11. The van der Waals surface area contributed by atoms with E-state index in [4.69, 9.17) is 0 Å². The molecule has 0 unspecified atom stereocenters. The zero-order chi connectivity index (χ0) is 17.1. The Morgan fingerprint density at radius 3 is 2.68 bits per heavy atom. The number of hydrogen-bond donors (Lipinski definition) is 0. The quantitative estimate of drug-likeness (QED) is 0.355. The smallest absolute Gasteiger partial charge is 0.127 e. The van der Waals surface area contributed by atoms with E-state index in [1.165, 1.54) is 5.56 Å². The van der Waals surface area contributed by atoms with Crippen molar-refractivity contribution >= 4 is 33.3 Å². The van der Waals surface area contributed by atoms with Gasteiger partial charge >= 0.3 is 0 Å². The fourth-order valence-electron chi connectivity index (χ4n) is 2.65. The van der Waals surface area contributed by atoms with E-state index in [-0.39, 0.29) is 0 Å². The van der Waals surface area contributed by atoms with Crippen molar-refractivity contribution in [1.29, 1.82) is 5.26 Å². The molecule has 2 aromatic heterocycles. The van der Waals surface area contributed by atoms with Crippen LogP contribution in [0.5, 0.6) is 0 Å². The number of hydrogen-bond acceptors (Lipinski definition) is 5. The Bertz CT molecular complexity index is 1060. The summed E-state index contributed by atoms with van der Waals surface area (Å²) >= 11 is 3.36. The molecule has 0 aliphatic rings. The Labute approximate surface area is 154 Å². The van der Waals surface area contributed by atoms with Gasteiger partial charge in [-0.2, -0.15) is 5.26 Å². The predicted octanol–water partition coefficient (Wildman–Crippen LogP) is 5.52. The molecule has 25 heavy (non-hydrogen) atoms. The average molecular weight is 359 g/mol. The van der Waals surface area contributed by atoms with Crippen LogP contribution in [0.25, 0.3) is 21.3 Å². The molecule has 0 saturated carbocycles. The number of aromatic nitrogens is 2. The van der Waals surface area contributed by atoms with Crippen LogP contribution in [-0.2, 0) is 5.75 Å². The monoisotopic (exact) mass is 359 g/mol. The third kappa shape index (κ3) is 3.27. The number of nitrogens with zero attached hydrogens (tertiary/aromatic N) is 3. The number of thiophene rings is 1. The van der Waals surface area contributed by atoms with E-state index in [1.54, 1.807) is 29.4 Å². The molecule has 0 bridgehead atoms. The molecule has 3 nitrogen and oxygen atoms in total. The fraction of sp³-hybridized carbons (Fsp3) is 0.0500. The predicted molar refractivity (Wildman–Crippen MR) is 104 cm³/mol. The molecule has 120 valence electrons. The highest BCUT2D eigenvalue weighted by Gasteiger charge is 2.07. The SMILES string of the molecule is N#Cc1ccccc1-c1ccc(CSc2ncnc3sccc23)cc1. The van der Waals surface area contributed by atoms with Crippen LogP contribution in [-0.4, -0.2) is 9.97 Å². The lowest BCUT2D eigenvalue weighted by Gasteiger charge is -2.06. The standard InChI is InChI=1S/C20H13N3S2/c21-11-16-3-1-2-4-17(16)15-7-5-14(6-8-15)12-25-20-18-9-10-24-19(18)22-13-23-20/h1-10,13H,12H2. The van der Waals surface area contributed by atoms with E-state index >= 15 is 0 Å². The third-order valence-electron chi connectivity index (χ3n) is 3.91. The lowest BCUT2D eigenvalue weighted by atomic mass is 10.00. The number of nitriles is 1. The van der Waals surface area contributed by atoms with Crippen molar-refractivity contribution in [3.8, 4) is 17.2 Å². The molecule has 2 aromatic carbocycles. The van der Waals surface area contributed by atoms with Crippen molar-refractivity contribution < 1.29 is 0 Å². The number of thioether (sulfide) groups is 1. The zero-order valence-corrected chi connectivity index (χ0v) is 14.8. The maximum absolute atomic E-state index is 9.25. The van der Waals surface area contributed by atoms with Crippen molar-refractivity contribution in [1.82, 2.24) is 9.97 Å². The van der Waals surface area contributed by atoms with E-state index < -0.39 is 0 Å². The second-order valence-electron chi connectivity index (χ2n) is 5.46. The molecule has 5 heteroatoms. The van der Waals surface area contributed by atoms with Crippen molar-refractivity contribution in [3.05, 3.63) is 77.4 Å². The maximum Gasteiger partial charge on any atom is 0.127 e. The minimum absolute atomic E-state index is 0.700. The van der Waals surface area contributed by atoms with Gasteiger partial charge in [-0.3, -0.25) is 0 Å². The first-order valence-corrected chi connectivity index (χ1v) is 9.61. The molecular weight excluding hydrogens is 346 g/mol. The van der Waals surface area contributed by atoms with Crippen LogP contribution in [0.3, 0.4) is 0 Å². The Hall–Kier alpha value is -2.68. The summed E-state index contributed by atoms with van der Waals surface area (Å²) in [5.74, 6) is 0.849. The molecule has 0 aliphatic heterocycles. The van der Waals surface area contributed by atoms with Crippen LogP contribution < -0.4 is 0 Å². The van der Waals surface area contributed by atoms with Gasteiger partial charge in [0.2, 0.25) is 0 Å². The second-order valence-corrected chi connectivity index (χ2v) is 7.32. The summed E-state index contributed by atoms with van der Waals surface area (Å²) in [7, 11) is 0. The summed E-state index contributed by atoms with van der Waals surface area (Å²) in [6.07, 6.45) is 1.63. The number of fused-ring (bicyclic) bond motifs is 1. The molecule has 0 amide bonds. The highest BCUT2D eigenvalue weighted by molar-refractivity contribution is 7.98. The first-order valence-electron chi connectivity index (χ1n) is 7.74. The van der Waals surface area contributed by atoms with Gasteiger partial charge in [0, 0.05) is 11.1 Å². The lowest BCUT2D eigenvalue weighted by Crippen LogP contribution is -1.87. The molecule has 0 N–H and O–H groups in total. The Morgan fingerprint density at radius 2 is 1.84 bits per heavy atom.